The van der Waals surface area contributed by atoms with Crippen LogP contribution in [0.4, 0.5) is 5.69 Å². The number of aromatic amines is 2. The zero-order chi connectivity index (χ0) is 15.7. The minimum atomic E-state index is -3.69. The topological polar surface area (TPSA) is 104 Å². The van der Waals surface area contributed by atoms with E-state index in [0.717, 1.165) is 5.56 Å². The molecule has 1 aromatic carbocycles. The molecule has 0 aliphatic heterocycles. The van der Waals surface area contributed by atoms with Gasteiger partial charge in [-0.05, 0) is 26.0 Å². The maximum Gasteiger partial charge on any atom is 0.265 e. The molecule has 0 radical (unpaired) electrons. The number of imidazole rings is 1. The van der Waals surface area contributed by atoms with Gasteiger partial charge in [-0.25, -0.2) is 13.4 Å². The lowest BCUT2D eigenvalue weighted by Crippen LogP contribution is -2.14. The Hall–Kier alpha value is -2.61. The summed E-state index contributed by atoms with van der Waals surface area (Å²) in [5.41, 5.74) is 2.21. The highest BCUT2D eigenvalue weighted by Gasteiger charge is 2.22. The van der Waals surface area contributed by atoms with Crippen LogP contribution in [0.3, 0.4) is 0 Å². The first-order valence-corrected chi connectivity index (χ1v) is 8.10. The number of anilines is 1. The number of nitrogens with zero attached hydrogens (tertiary/aromatic N) is 2. The van der Waals surface area contributed by atoms with Gasteiger partial charge in [0.15, 0.2) is 0 Å². The molecule has 0 saturated carbocycles. The van der Waals surface area contributed by atoms with E-state index in [-0.39, 0.29) is 4.90 Å². The first-order chi connectivity index (χ1) is 10.5. The standard InChI is InChI=1S/C14H15N5O2S/c1-9-13(10(2)18-17-9)22(20,21)19-12-5-3-4-11(8-12)14-15-6-7-16-14/h3-8,19H,1-2H3,(H,15,16)(H,17,18). The summed E-state index contributed by atoms with van der Waals surface area (Å²) in [6, 6.07) is 7.03. The minimum absolute atomic E-state index is 0.177. The first-order valence-electron chi connectivity index (χ1n) is 6.61. The molecule has 114 valence electrons. The summed E-state index contributed by atoms with van der Waals surface area (Å²) < 4.78 is 27.6. The number of rotatable bonds is 4. The number of aromatic nitrogens is 4. The zero-order valence-corrected chi connectivity index (χ0v) is 12.9. The predicted octanol–water partition coefficient (Wildman–Crippen LogP) is 2.22. The van der Waals surface area contributed by atoms with Gasteiger partial charge in [-0.15, -0.1) is 0 Å². The van der Waals surface area contributed by atoms with Crippen LogP contribution in [0.1, 0.15) is 11.4 Å². The molecule has 22 heavy (non-hydrogen) atoms. The van der Waals surface area contributed by atoms with Crippen LogP contribution in [-0.4, -0.2) is 28.6 Å². The van der Waals surface area contributed by atoms with Crippen molar-refractivity contribution in [1.29, 1.82) is 0 Å². The summed E-state index contributed by atoms with van der Waals surface area (Å²) >= 11 is 0. The molecule has 3 aromatic rings. The van der Waals surface area contributed by atoms with E-state index in [2.05, 4.69) is 24.9 Å². The average molecular weight is 317 g/mol. The smallest absolute Gasteiger partial charge is 0.265 e. The molecule has 2 heterocycles. The second-order valence-electron chi connectivity index (χ2n) is 4.89. The summed E-state index contributed by atoms with van der Waals surface area (Å²) in [5.74, 6) is 0.678. The number of sulfonamides is 1. The lowest BCUT2D eigenvalue weighted by molar-refractivity contribution is 0.600. The second kappa shape index (κ2) is 5.30. The van der Waals surface area contributed by atoms with Gasteiger partial charge >= 0.3 is 0 Å². The van der Waals surface area contributed by atoms with Gasteiger partial charge in [0.05, 0.1) is 11.4 Å². The predicted molar refractivity (Wildman–Crippen MR) is 82.9 cm³/mol. The van der Waals surface area contributed by atoms with Crippen molar-refractivity contribution >= 4 is 15.7 Å². The lowest BCUT2D eigenvalue weighted by atomic mass is 10.2. The average Bonchev–Trinajstić information content (AvgIpc) is 3.09. The Kier molecular flexibility index (Phi) is 3.45. The monoisotopic (exact) mass is 317 g/mol. The van der Waals surface area contributed by atoms with Crippen molar-refractivity contribution in [3.8, 4) is 11.4 Å². The van der Waals surface area contributed by atoms with Gasteiger partial charge < -0.3 is 4.98 Å². The molecule has 2 aromatic heterocycles. The van der Waals surface area contributed by atoms with E-state index in [4.69, 9.17) is 0 Å². The summed E-state index contributed by atoms with van der Waals surface area (Å²) in [5, 5.41) is 6.60. The van der Waals surface area contributed by atoms with Gasteiger partial charge in [0.1, 0.15) is 10.7 Å². The molecule has 0 bridgehead atoms. The number of aryl methyl sites for hydroxylation is 2. The van der Waals surface area contributed by atoms with Crippen molar-refractivity contribution in [3.63, 3.8) is 0 Å². The zero-order valence-electron chi connectivity index (χ0n) is 12.1. The molecule has 0 atom stereocenters. The fourth-order valence-corrected chi connectivity index (χ4v) is 3.72. The molecule has 0 aliphatic carbocycles. The summed E-state index contributed by atoms with van der Waals surface area (Å²) in [6.45, 7) is 3.32. The molecule has 7 nitrogen and oxygen atoms in total. The maximum atomic E-state index is 12.5. The van der Waals surface area contributed by atoms with E-state index in [1.165, 1.54) is 0 Å². The number of H-pyrrole nitrogens is 2. The van der Waals surface area contributed by atoms with Crippen LogP contribution in [-0.2, 0) is 10.0 Å². The van der Waals surface area contributed by atoms with Crippen molar-refractivity contribution < 1.29 is 8.42 Å². The SMILES string of the molecule is Cc1n[nH]c(C)c1S(=O)(=O)Nc1cccc(-c2ncc[nH]2)c1. The Labute approximate surface area is 127 Å². The van der Waals surface area contributed by atoms with E-state index in [0.29, 0.717) is 22.9 Å². The Bertz CT molecular complexity index is 878. The third-order valence-corrected chi connectivity index (χ3v) is 4.86. The van der Waals surface area contributed by atoms with Gasteiger partial charge in [0.25, 0.3) is 10.0 Å². The second-order valence-corrected chi connectivity index (χ2v) is 6.51. The van der Waals surface area contributed by atoms with Crippen molar-refractivity contribution in [2.75, 3.05) is 4.72 Å². The molecule has 3 rings (SSSR count). The molecule has 8 heteroatoms. The Morgan fingerprint density at radius 1 is 1.23 bits per heavy atom. The van der Waals surface area contributed by atoms with Crippen LogP contribution < -0.4 is 4.72 Å². The number of nitrogens with one attached hydrogen (secondary N) is 3. The molecule has 0 saturated heterocycles. The fraction of sp³-hybridized carbons (Fsp3) is 0.143. The van der Waals surface area contributed by atoms with Gasteiger partial charge in [0.2, 0.25) is 0 Å². The molecule has 0 spiro atoms. The molecule has 3 N–H and O–H groups in total. The summed E-state index contributed by atoms with van der Waals surface area (Å²) in [6.07, 6.45) is 3.36. The summed E-state index contributed by atoms with van der Waals surface area (Å²) in [4.78, 5) is 7.32. The molecule has 0 fully saturated rings. The molecule has 0 unspecified atom stereocenters. The largest absolute Gasteiger partial charge is 0.345 e. The third kappa shape index (κ3) is 2.60. The number of benzene rings is 1. The number of hydrogen-bond acceptors (Lipinski definition) is 4. The van der Waals surface area contributed by atoms with Crippen molar-refractivity contribution in [2.24, 2.45) is 0 Å². The number of hydrogen-bond donors (Lipinski definition) is 3. The molecular weight excluding hydrogens is 302 g/mol. The summed E-state index contributed by atoms with van der Waals surface area (Å²) in [7, 11) is -3.69. The molecular formula is C14H15N5O2S. The lowest BCUT2D eigenvalue weighted by Gasteiger charge is -2.09. The van der Waals surface area contributed by atoms with Crippen molar-refractivity contribution in [1.82, 2.24) is 20.2 Å². The highest BCUT2D eigenvalue weighted by Crippen LogP contribution is 2.23. The van der Waals surface area contributed by atoms with Crippen LogP contribution >= 0.6 is 0 Å². The van der Waals surface area contributed by atoms with Gasteiger partial charge in [0, 0.05) is 23.6 Å². The van der Waals surface area contributed by atoms with Crippen LogP contribution in [0.15, 0.2) is 41.6 Å². The Morgan fingerprint density at radius 2 is 2.05 bits per heavy atom. The van der Waals surface area contributed by atoms with Crippen LogP contribution in [0, 0.1) is 13.8 Å². The molecule has 0 amide bonds. The maximum absolute atomic E-state index is 12.5. The highest BCUT2D eigenvalue weighted by atomic mass is 32.2. The van der Waals surface area contributed by atoms with E-state index >= 15 is 0 Å². The fourth-order valence-electron chi connectivity index (χ4n) is 2.30. The Balaban J connectivity index is 1.95. The van der Waals surface area contributed by atoms with Crippen LogP contribution in [0.5, 0.6) is 0 Å². The van der Waals surface area contributed by atoms with Crippen molar-refractivity contribution in [3.05, 3.63) is 48.0 Å². The third-order valence-electron chi connectivity index (χ3n) is 3.22. The normalized spacial score (nSPS) is 11.5. The van der Waals surface area contributed by atoms with Crippen LogP contribution in [0.2, 0.25) is 0 Å². The van der Waals surface area contributed by atoms with E-state index in [1.54, 1.807) is 44.4 Å². The van der Waals surface area contributed by atoms with Gasteiger partial charge in [-0.1, -0.05) is 12.1 Å². The van der Waals surface area contributed by atoms with Crippen LogP contribution in [0.25, 0.3) is 11.4 Å². The quantitative estimate of drug-likeness (QED) is 0.686. The van der Waals surface area contributed by atoms with E-state index in [9.17, 15) is 8.42 Å². The Morgan fingerprint density at radius 3 is 2.68 bits per heavy atom. The van der Waals surface area contributed by atoms with E-state index < -0.39 is 10.0 Å². The highest BCUT2D eigenvalue weighted by molar-refractivity contribution is 7.92. The van der Waals surface area contributed by atoms with Crippen molar-refractivity contribution in [2.45, 2.75) is 18.7 Å². The van der Waals surface area contributed by atoms with Gasteiger partial charge in [-0.3, -0.25) is 9.82 Å². The van der Waals surface area contributed by atoms with E-state index in [1.807, 2.05) is 6.07 Å². The first kappa shape index (κ1) is 14.3. The molecule has 0 aliphatic rings. The minimum Gasteiger partial charge on any atom is -0.345 e. The van der Waals surface area contributed by atoms with Gasteiger partial charge in [-0.2, -0.15) is 5.10 Å².